The predicted molar refractivity (Wildman–Crippen MR) is 80.0 cm³/mol. The van der Waals surface area contributed by atoms with Gasteiger partial charge < -0.3 is 15.7 Å². The molecule has 1 aliphatic heterocycles. The van der Waals surface area contributed by atoms with Crippen LogP contribution in [0.25, 0.3) is 0 Å². The Morgan fingerprint density at radius 3 is 2.33 bits per heavy atom. The molecule has 0 bridgehead atoms. The highest BCUT2D eigenvalue weighted by Gasteiger charge is 2.22. The first kappa shape index (κ1) is 15.5. The van der Waals surface area contributed by atoms with Crippen molar-refractivity contribution < 1.29 is 14.7 Å². The SMILES string of the molecule is CC(=O)N1CCC(c2ccc(CC(N)C(=O)O)cc2)CC1. The number of carboxylic acid groups (broad SMARTS) is 1. The summed E-state index contributed by atoms with van der Waals surface area (Å²) < 4.78 is 0. The maximum Gasteiger partial charge on any atom is 0.320 e. The van der Waals surface area contributed by atoms with Gasteiger partial charge in [0.25, 0.3) is 0 Å². The number of carboxylic acids is 1. The first-order chi connectivity index (χ1) is 9.97. The van der Waals surface area contributed by atoms with E-state index in [0.717, 1.165) is 31.5 Å². The Morgan fingerprint density at radius 1 is 1.29 bits per heavy atom. The summed E-state index contributed by atoms with van der Waals surface area (Å²) in [4.78, 5) is 23.9. The van der Waals surface area contributed by atoms with Gasteiger partial charge in [-0.25, -0.2) is 0 Å². The van der Waals surface area contributed by atoms with Gasteiger partial charge in [-0.1, -0.05) is 24.3 Å². The Hall–Kier alpha value is -1.88. The average molecular weight is 290 g/mol. The Kier molecular flexibility index (Phi) is 4.96. The van der Waals surface area contributed by atoms with Crippen molar-refractivity contribution in [1.82, 2.24) is 4.90 Å². The molecule has 0 aliphatic carbocycles. The van der Waals surface area contributed by atoms with Gasteiger partial charge in [0.15, 0.2) is 0 Å². The summed E-state index contributed by atoms with van der Waals surface area (Å²) in [6, 6.07) is 7.16. The van der Waals surface area contributed by atoms with Crippen LogP contribution in [0, 0.1) is 0 Å². The number of nitrogens with two attached hydrogens (primary N) is 1. The van der Waals surface area contributed by atoms with E-state index in [0.29, 0.717) is 12.3 Å². The van der Waals surface area contributed by atoms with E-state index in [1.54, 1.807) is 6.92 Å². The molecular formula is C16H22N2O3. The fourth-order valence-electron chi connectivity index (χ4n) is 2.79. The number of amides is 1. The van der Waals surface area contributed by atoms with E-state index in [-0.39, 0.29) is 5.91 Å². The molecule has 1 fully saturated rings. The molecule has 21 heavy (non-hydrogen) atoms. The Labute approximate surface area is 124 Å². The third-order valence-electron chi connectivity index (χ3n) is 4.16. The zero-order chi connectivity index (χ0) is 15.4. The molecule has 0 aromatic heterocycles. The van der Waals surface area contributed by atoms with Crippen molar-refractivity contribution in [2.75, 3.05) is 13.1 Å². The number of benzene rings is 1. The van der Waals surface area contributed by atoms with Crippen molar-refractivity contribution in [2.24, 2.45) is 5.73 Å². The maximum absolute atomic E-state index is 11.3. The number of carbonyl (C=O) groups is 2. The predicted octanol–water partition coefficient (Wildman–Crippen LogP) is 1.37. The summed E-state index contributed by atoms with van der Waals surface area (Å²) in [5.74, 6) is -0.357. The van der Waals surface area contributed by atoms with Gasteiger partial charge in [0.2, 0.25) is 5.91 Å². The number of aliphatic carboxylic acids is 1. The zero-order valence-electron chi connectivity index (χ0n) is 12.3. The summed E-state index contributed by atoms with van der Waals surface area (Å²) in [7, 11) is 0. The molecule has 1 heterocycles. The second kappa shape index (κ2) is 6.72. The van der Waals surface area contributed by atoms with E-state index in [2.05, 4.69) is 12.1 Å². The van der Waals surface area contributed by atoms with Crippen molar-refractivity contribution in [3.63, 3.8) is 0 Å². The van der Waals surface area contributed by atoms with Crippen LogP contribution in [-0.2, 0) is 16.0 Å². The first-order valence-electron chi connectivity index (χ1n) is 7.30. The van der Waals surface area contributed by atoms with Crippen molar-refractivity contribution in [1.29, 1.82) is 0 Å². The van der Waals surface area contributed by atoms with E-state index in [1.165, 1.54) is 5.56 Å². The molecule has 5 nitrogen and oxygen atoms in total. The lowest BCUT2D eigenvalue weighted by Gasteiger charge is -2.31. The number of hydrogen-bond acceptors (Lipinski definition) is 3. The highest BCUT2D eigenvalue weighted by Crippen LogP contribution is 2.28. The van der Waals surface area contributed by atoms with E-state index in [4.69, 9.17) is 10.8 Å². The van der Waals surface area contributed by atoms with Crippen LogP contribution in [0.2, 0.25) is 0 Å². The molecule has 114 valence electrons. The number of piperidine rings is 1. The molecule has 0 radical (unpaired) electrons. The van der Waals surface area contributed by atoms with E-state index in [1.807, 2.05) is 17.0 Å². The number of rotatable bonds is 4. The number of likely N-dealkylation sites (tertiary alicyclic amines) is 1. The lowest BCUT2D eigenvalue weighted by molar-refractivity contribution is -0.138. The second-order valence-corrected chi connectivity index (χ2v) is 5.67. The molecule has 0 spiro atoms. The monoisotopic (exact) mass is 290 g/mol. The smallest absolute Gasteiger partial charge is 0.320 e. The Morgan fingerprint density at radius 2 is 1.86 bits per heavy atom. The molecule has 1 aromatic carbocycles. The normalized spacial score (nSPS) is 17.5. The molecule has 1 amide bonds. The van der Waals surface area contributed by atoms with Crippen LogP contribution in [0.1, 0.15) is 36.8 Å². The van der Waals surface area contributed by atoms with Gasteiger partial charge >= 0.3 is 5.97 Å². The fraction of sp³-hybridized carbons (Fsp3) is 0.500. The van der Waals surface area contributed by atoms with Crippen LogP contribution in [0.5, 0.6) is 0 Å². The molecular weight excluding hydrogens is 268 g/mol. The number of nitrogens with zero attached hydrogens (tertiary/aromatic N) is 1. The minimum absolute atomic E-state index is 0.145. The highest BCUT2D eigenvalue weighted by molar-refractivity contribution is 5.73. The van der Waals surface area contributed by atoms with Crippen molar-refractivity contribution >= 4 is 11.9 Å². The van der Waals surface area contributed by atoms with Gasteiger partial charge in [0, 0.05) is 20.0 Å². The maximum atomic E-state index is 11.3. The molecule has 1 aromatic rings. The highest BCUT2D eigenvalue weighted by atomic mass is 16.4. The van der Waals surface area contributed by atoms with E-state index in [9.17, 15) is 9.59 Å². The van der Waals surface area contributed by atoms with Crippen LogP contribution in [0.3, 0.4) is 0 Å². The molecule has 1 unspecified atom stereocenters. The molecule has 2 rings (SSSR count). The summed E-state index contributed by atoms with van der Waals surface area (Å²) in [6.07, 6.45) is 2.31. The lowest BCUT2D eigenvalue weighted by atomic mass is 9.88. The van der Waals surface area contributed by atoms with Crippen LogP contribution in [0.4, 0.5) is 0 Å². The largest absolute Gasteiger partial charge is 0.480 e. The molecule has 3 N–H and O–H groups in total. The Bertz CT molecular complexity index is 505. The van der Waals surface area contributed by atoms with Gasteiger partial charge in [-0.05, 0) is 36.3 Å². The summed E-state index contributed by atoms with van der Waals surface area (Å²) in [6.45, 7) is 3.23. The first-order valence-corrected chi connectivity index (χ1v) is 7.30. The third-order valence-corrected chi connectivity index (χ3v) is 4.16. The van der Waals surface area contributed by atoms with Gasteiger partial charge in [0.05, 0.1) is 0 Å². The van der Waals surface area contributed by atoms with Crippen molar-refractivity contribution in [3.05, 3.63) is 35.4 Å². The lowest BCUT2D eigenvalue weighted by Crippen LogP contribution is -2.36. The average Bonchev–Trinajstić information content (AvgIpc) is 2.48. The standard InChI is InChI=1S/C16H22N2O3/c1-11(19)18-8-6-14(7-9-18)13-4-2-12(3-5-13)10-15(17)16(20)21/h2-5,14-15H,6-10,17H2,1H3,(H,20,21). The second-order valence-electron chi connectivity index (χ2n) is 5.67. The molecule has 0 saturated carbocycles. The summed E-state index contributed by atoms with van der Waals surface area (Å²) in [5, 5.41) is 8.81. The summed E-state index contributed by atoms with van der Waals surface area (Å²) >= 11 is 0. The molecule has 1 atom stereocenters. The van der Waals surface area contributed by atoms with Crippen molar-refractivity contribution in [3.8, 4) is 0 Å². The van der Waals surface area contributed by atoms with Gasteiger partial charge in [-0.2, -0.15) is 0 Å². The quantitative estimate of drug-likeness (QED) is 0.877. The summed E-state index contributed by atoms with van der Waals surface area (Å²) in [5.41, 5.74) is 7.73. The Balaban J connectivity index is 1.94. The van der Waals surface area contributed by atoms with E-state index < -0.39 is 12.0 Å². The van der Waals surface area contributed by atoms with Crippen LogP contribution in [-0.4, -0.2) is 41.0 Å². The van der Waals surface area contributed by atoms with Crippen molar-refractivity contribution in [2.45, 2.75) is 38.1 Å². The van der Waals surface area contributed by atoms with Gasteiger partial charge in [-0.3, -0.25) is 9.59 Å². The van der Waals surface area contributed by atoms with Crippen LogP contribution in [0.15, 0.2) is 24.3 Å². The number of carbonyl (C=O) groups excluding carboxylic acids is 1. The van der Waals surface area contributed by atoms with Gasteiger partial charge in [0.1, 0.15) is 6.04 Å². The molecule has 1 aliphatic rings. The minimum Gasteiger partial charge on any atom is -0.480 e. The number of hydrogen-bond donors (Lipinski definition) is 2. The third kappa shape index (κ3) is 4.04. The van der Waals surface area contributed by atoms with Crippen LogP contribution < -0.4 is 5.73 Å². The molecule has 5 heteroatoms. The van der Waals surface area contributed by atoms with E-state index >= 15 is 0 Å². The zero-order valence-corrected chi connectivity index (χ0v) is 12.3. The minimum atomic E-state index is -0.976. The molecule has 1 saturated heterocycles. The van der Waals surface area contributed by atoms with Gasteiger partial charge in [-0.15, -0.1) is 0 Å². The topological polar surface area (TPSA) is 83.6 Å². The fourth-order valence-corrected chi connectivity index (χ4v) is 2.79. The van der Waals surface area contributed by atoms with Crippen LogP contribution >= 0.6 is 0 Å².